The van der Waals surface area contributed by atoms with E-state index in [1.807, 2.05) is 13.8 Å². The van der Waals surface area contributed by atoms with E-state index in [-0.39, 0.29) is 42.4 Å². The van der Waals surface area contributed by atoms with E-state index in [1.165, 1.54) is 36.4 Å². The van der Waals surface area contributed by atoms with Crippen molar-refractivity contribution >= 4 is 5.91 Å². The number of benzene rings is 1. The van der Waals surface area contributed by atoms with Crippen molar-refractivity contribution < 1.29 is 13.6 Å². The number of fused-ring (bicyclic) bond motifs is 1. The molecule has 35 heavy (non-hydrogen) atoms. The highest BCUT2D eigenvalue weighted by Gasteiger charge is 2.40. The fourth-order valence-corrected chi connectivity index (χ4v) is 4.68. The van der Waals surface area contributed by atoms with Gasteiger partial charge in [-0.15, -0.1) is 0 Å². The molecule has 0 saturated heterocycles. The largest absolute Gasteiger partial charge is 0.335 e. The molecule has 1 N–H and O–H groups in total. The minimum Gasteiger partial charge on any atom is -0.335 e. The summed E-state index contributed by atoms with van der Waals surface area (Å²) < 4.78 is 28.8. The molecular formula is C26H25F2N5O2. The van der Waals surface area contributed by atoms with Crippen LogP contribution in [0.1, 0.15) is 60.8 Å². The monoisotopic (exact) mass is 477 g/mol. The number of carbonyl (C=O) groups is 1. The Kier molecular flexibility index (Phi) is 6.74. The van der Waals surface area contributed by atoms with Crippen molar-refractivity contribution in [2.75, 3.05) is 13.1 Å². The lowest BCUT2D eigenvalue weighted by molar-refractivity contribution is 0.0702. The van der Waals surface area contributed by atoms with Crippen LogP contribution in [0.2, 0.25) is 0 Å². The molecular weight excluding hydrogens is 452 g/mol. The molecule has 0 spiro atoms. The molecule has 0 radical (unpaired) electrons. The number of nitrogens with one attached hydrogen (secondary N) is 1. The fraction of sp³-hybridized carbons (Fsp3) is 0.346. The molecule has 0 saturated carbocycles. The lowest BCUT2D eigenvalue weighted by Gasteiger charge is -2.40. The predicted octanol–water partition coefficient (Wildman–Crippen LogP) is 4.32. The molecule has 1 aliphatic rings. The molecule has 1 aliphatic carbocycles. The molecule has 9 heteroatoms. The molecule has 1 amide bonds. The maximum atomic E-state index is 14.4. The number of hydrogen-bond donors (Lipinski definition) is 1. The van der Waals surface area contributed by atoms with E-state index < -0.39 is 28.5 Å². The highest BCUT2D eigenvalue weighted by molar-refractivity contribution is 5.92. The lowest BCUT2D eigenvalue weighted by Crippen LogP contribution is -2.45. The average molecular weight is 478 g/mol. The summed E-state index contributed by atoms with van der Waals surface area (Å²) in [5, 5.41) is 17.7. The van der Waals surface area contributed by atoms with Gasteiger partial charge in [0.05, 0.1) is 29.4 Å². The summed E-state index contributed by atoms with van der Waals surface area (Å²) in [5.41, 5.74) is 0.523. The third-order valence-corrected chi connectivity index (χ3v) is 6.59. The minimum absolute atomic E-state index is 0.0795. The number of nitrogens with zero attached hydrogens (tertiary/aromatic N) is 4. The van der Waals surface area contributed by atoms with Crippen molar-refractivity contribution in [3.05, 3.63) is 81.4 Å². The summed E-state index contributed by atoms with van der Waals surface area (Å²) in [6, 6.07) is 11.8. The predicted molar refractivity (Wildman–Crippen MR) is 126 cm³/mol. The summed E-state index contributed by atoms with van der Waals surface area (Å²) >= 11 is 0. The zero-order valence-electron chi connectivity index (χ0n) is 19.5. The highest BCUT2D eigenvalue weighted by atomic mass is 19.1. The Morgan fingerprint density at radius 3 is 2.63 bits per heavy atom. The second-order valence-corrected chi connectivity index (χ2v) is 9.19. The number of pyridine rings is 1. The van der Waals surface area contributed by atoms with E-state index in [0.717, 1.165) is 12.0 Å². The van der Waals surface area contributed by atoms with Crippen LogP contribution in [0, 0.1) is 23.0 Å². The molecule has 0 unspecified atom stereocenters. The number of aromatic nitrogens is 3. The first-order chi connectivity index (χ1) is 16.7. The van der Waals surface area contributed by atoms with E-state index in [0.29, 0.717) is 12.1 Å². The number of aromatic amines is 1. The van der Waals surface area contributed by atoms with Gasteiger partial charge < -0.3 is 9.88 Å². The zero-order valence-corrected chi connectivity index (χ0v) is 19.5. The van der Waals surface area contributed by atoms with Crippen LogP contribution in [-0.2, 0) is 5.41 Å². The van der Waals surface area contributed by atoms with Gasteiger partial charge in [-0.25, -0.2) is 8.78 Å². The van der Waals surface area contributed by atoms with Crippen LogP contribution in [0.15, 0.2) is 47.3 Å². The van der Waals surface area contributed by atoms with Gasteiger partial charge in [-0.2, -0.15) is 15.5 Å². The Balaban J connectivity index is 1.72. The summed E-state index contributed by atoms with van der Waals surface area (Å²) in [7, 11) is 0. The Labute approximate surface area is 201 Å². The van der Waals surface area contributed by atoms with Crippen LogP contribution in [-0.4, -0.2) is 39.1 Å². The van der Waals surface area contributed by atoms with Crippen molar-refractivity contribution in [2.24, 2.45) is 0 Å². The van der Waals surface area contributed by atoms with E-state index in [9.17, 15) is 18.4 Å². The Morgan fingerprint density at radius 2 is 1.94 bits per heavy atom. The zero-order chi connectivity index (χ0) is 25.2. The first kappa shape index (κ1) is 24.2. The summed E-state index contributed by atoms with van der Waals surface area (Å²) in [6.07, 6.45) is 1.60. The molecule has 2 atom stereocenters. The maximum absolute atomic E-state index is 14.4. The number of rotatable bonds is 6. The van der Waals surface area contributed by atoms with Gasteiger partial charge in [0.25, 0.3) is 5.91 Å². The van der Waals surface area contributed by atoms with Crippen molar-refractivity contribution in [1.29, 1.82) is 5.26 Å². The van der Waals surface area contributed by atoms with Crippen LogP contribution >= 0.6 is 0 Å². The summed E-state index contributed by atoms with van der Waals surface area (Å²) in [6.45, 7) is 4.41. The smallest absolute Gasteiger partial charge is 0.270 e. The van der Waals surface area contributed by atoms with E-state index >= 15 is 0 Å². The molecule has 4 rings (SSSR count). The second kappa shape index (κ2) is 9.74. The lowest BCUT2D eigenvalue weighted by atomic mass is 9.70. The van der Waals surface area contributed by atoms with E-state index in [4.69, 9.17) is 5.26 Å². The van der Waals surface area contributed by atoms with Gasteiger partial charge in [0.2, 0.25) is 5.56 Å². The third kappa shape index (κ3) is 4.83. The summed E-state index contributed by atoms with van der Waals surface area (Å²) in [5.74, 6) is -1.74. The molecule has 2 heterocycles. The number of H-pyrrole nitrogens is 1. The number of carbonyl (C=O) groups excluding carboxylic acids is 1. The fourth-order valence-electron chi connectivity index (χ4n) is 4.68. The summed E-state index contributed by atoms with van der Waals surface area (Å²) in [4.78, 5) is 29.1. The highest BCUT2D eigenvalue weighted by Crippen LogP contribution is 2.43. The van der Waals surface area contributed by atoms with Gasteiger partial charge in [0, 0.05) is 24.6 Å². The molecule has 2 aromatic heterocycles. The number of nitriles is 1. The topological polar surface area (TPSA) is 103 Å². The number of amides is 1. The standard InChI is InChI=1S/C26H25F2N5O2/c1-16-10-11-26(2,15-33(13-5-12-29)25(35)20-8-4-9-22(34)30-20)24-17(16)14-21(31-32-24)23-18(27)6-3-7-19(23)28/h3-4,6-9,14,16H,5,10-11,13,15H2,1-2H3,(H,30,34)/t16-,26+/m0/s1. The van der Waals surface area contributed by atoms with Crippen molar-refractivity contribution in [3.8, 4) is 17.3 Å². The molecule has 7 nitrogen and oxygen atoms in total. The Bertz CT molecular complexity index is 1350. The van der Waals surface area contributed by atoms with Gasteiger partial charge in [0.1, 0.15) is 17.3 Å². The second-order valence-electron chi connectivity index (χ2n) is 9.19. The first-order valence-corrected chi connectivity index (χ1v) is 11.4. The van der Waals surface area contributed by atoms with Crippen molar-refractivity contribution in [2.45, 2.75) is 44.4 Å². The third-order valence-electron chi connectivity index (χ3n) is 6.59. The first-order valence-electron chi connectivity index (χ1n) is 11.4. The normalized spacial score (nSPS) is 19.0. The number of hydrogen-bond acceptors (Lipinski definition) is 5. The molecule has 180 valence electrons. The molecule has 0 fully saturated rings. The van der Waals surface area contributed by atoms with Crippen LogP contribution in [0.25, 0.3) is 11.3 Å². The SMILES string of the molecule is C[C@H]1CC[C@](C)(CN(CCC#N)C(=O)c2cccc(=O)[nH]2)c2nnc(-c3c(F)cccc3F)cc21. The van der Waals surface area contributed by atoms with Gasteiger partial charge in [-0.05, 0) is 48.6 Å². The van der Waals surface area contributed by atoms with Crippen LogP contribution in [0.5, 0.6) is 0 Å². The quantitative estimate of drug-likeness (QED) is 0.570. The molecule has 0 aliphatic heterocycles. The van der Waals surface area contributed by atoms with Gasteiger partial charge in [-0.3, -0.25) is 9.59 Å². The van der Waals surface area contributed by atoms with Crippen molar-refractivity contribution in [1.82, 2.24) is 20.1 Å². The van der Waals surface area contributed by atoms with E-state index in [2.05, 4.69) is 21.3 Å². The van der Waals surface area contributed by atoms with Crippen LogP contribution in [0.4, 0.5) is 8.78 Å². The van der Waals surface area contributed by atoms with Gasteiger partial charge in [-0.1, -0.05) is 26.0 Å². The van der Waals surface area contributed by atoms with Crippen LogP contribution in [0.3, 0.4) is 0 Å². The minimum atomic E-state index is -0.712. The van der Waals surface area contributed by atoms with Gasteiger partial charge in [0.15, 0.2) is 0 Å². The molecule has 0 bridgehead atoms. The number of halogens is 2. The van der Waals surface area contributed by atoms with Crippen molar-refractivity contribution in [3.63, 3.8) is 0 Å². The molecule has 3 aromatic rings. The Hall–Kier alpha value is -3.93. The van der Waals surface area contributed by atoms with Gasteiger partial charge >= 0.3 is 0 Å². The van der Waals surface area contributed by atoms with E-state index in [1.54, 1.807) is 11.0 Å². The maximum Gasteiger partial charge on any atom is 0.270 e. The van der Waals surface area contributed by atoms with Crippen LogP contribution < -0.4 is 5.56 Å². The molecule has 1 aromatic carbocycles. The average Bonchev–Trinajstić information content (AvgIpc) is 2.84. The Morgan fingerprint density at radius 1 is 1.23 bits per heavy atom.